The Morgan fingerprint density at radius 1 is 1.25 bits per heavy atom. The number of H-pyrrole nitrogens is 1. The van der Waals surface area contributed by atoms with Crippen LogP contribution in [0, 0.1) is 6.92 Å². The lowest BCUT2D eigenvalue weighted by Crippen LogP contribution is -2.51. The van der Waals surface area contributed by atoms with Gasteiger partial charge < -0.3 is 14.8 Å². The Hall–Kier alpha value is -3.19. The standard InChI is InChI=1S/C25H30N6O/c1-15(2)23-20-9-17(19-10-30(11-19)22(32)13-29(4)5)6-7-21(20)28-24(23)18-8-16(3)25-26-14-27-31(25)12-18/h6-9,12,14-15,19,28H,10-11,13H2,1-5H3. The van der Waals surface area contributed by atoms with Crippen molar-refractivity contribution in [3.05, 3.63) is 53.5 Å². The normalized spacial score (nSPS) is 14.8. The average Bonchev–Trinajstić information content (AvgIpc) is 3.30. The highest BCUT2D eigenvalue weighted by molar-refractivity contribution is 5.92. The Morgan fingerprint density at radius 3 is 2.75 bits per heavy atom. The van der Waals surface area contributed by atoms with Gasteiger partial charge in [-0.2, -0.15) is 5.10 Å². The molecule has 0 atom stereocenters. The first-order valence-electron chi connectivity index (χ1n) is 11.2. The Morgan fingerprint density at radius 2 is 2.03 bits per heavy atom. The molecule has 1 aliphatic heterocycles. The van der Waals surface area contributed by atoms with E-state index in [9.17, 15) is 4.79 Å². The average molecular weight is 431 g/mol. The molecule has 1 aromatic carbocycles. The van der Waals surface area contributed by atoms with Gasteiger partial charge in [0.05, 0.1) is 12.2 Å². The maximum absolute atomic E-state index is 12.3. The zero-order chi connectivity index (χ0) is 22.6. The maximum atomic E-state index is 12.3. The molecule has 1 fully saturated rings. The van der Waals surface area contributed by atoms with Crippen LogP contribution in [0.4, 0.5) is 0 Å². The first-order valence-corrected chi connectivity index (χ1v) is 11.2. The van der Waals surface area contributed by atoms with E-state index >= 15 is 0 Å². The van der Waals surface area contributed by atoms with Crippen LogP contribution in [0.2, 0.25) is 0 Å². The van der Waals surface area contributed by atoms with Crippen LogP contribution < -0.4 is 0 Å². The Balaban J connectivity index is 1.50. The number of rotatable bonds is 5. The van der Waals surface area contributed by atoms with E-state index in [2.05, 4.69) is 60.1 Å². The van der Waals surface area contributed by atoms with Crippen LogP contribution >= 0.6 is 0 Å². The number of fused-ring (bicyclic) bond motifs is 2. The molecule has 4 aromatic rings. The molecule has 0 bridgehead atoms. The minimum absolute atomic E-state index is 0.206. The SMILES string of the molecule is Cc1cc(-c2[nH]c3ccc(C4CN(C(=O)CN(C)C)C4)cc3c2C(C)C)cn2ncnc12. The van der Waals surface area contributed by atoms with Gasteiger partial charge in [-0.05, 0) is 61.8 Å². The van der Waals surface area contributed by atoms with Crippen LogP contribution in [0.15, 0.2) is 36.8 Å². The van der Waals surface area contributed by atoms with Gasteiger partial charge in [0.15, 0.2) is 5.65 Å². The molecule has 0 unspecified atom stereocenters. The predicted molar refractivity (Wildman–Crippen MR) is 127 cm³/mol. The van der Waals surface area contributed by atoms with E-state index in [1.54, 1.807) is 6.33 Å². The highest BCUT2D eigenvalue weighted by Gasteiger charge is 2.32. The van der Waals surface area contributed by atoms with E-state index < -0.39 is 0 Å². The molecular weight excluding hydrogens is 400 g/mol. The summed E-state index contributed by atoms with van der Waals surface area (Å²) in [5.41, 5.74) is 8.02. The quantitative estimate of drug-likeness (QED) is 0.523. The van der Waals surface area contributed by atoms with Crippen molar-refractivity contribution in [2.24, 2.45) is 0 Å². The van der Waals surface area contributed by atoms with Crippen molar-refractivity contribution in [2.75, 3.05) is 33.7 Å². The van der Waals surface area contributed by atoms with E-state index in [4.69, 9.17) is 0 Å². The molecule has 0 spiro atoms. The monoisotopic (exact) mass is 430 g/mol. The van der Waals surface area contributed by atoms with Crippen LogP contribution in [0.3, 0.4) is 0 Å². The summed E-state index contributed by atoms with van der Waals surface area (Å²) in [6.07, 6.45) is 3.64. The number of carbonyl (C=O) groups is 1. The number of aromatic amines is 1. The summed E-state index contributed by atoms with van der Waals surface area (Å²) in [7, 11) is 3.87. The third-order valence-electron chi connectivity index (χ3n) is 6.45. The highest BCUT2D eigenvalue weighted by atomic mass is 16.2. The Kier molecular flexibility index (Phi) is 5.01. The summed E-state index contributed by atoms with van der Waals surface area (Å²) < 4.78 is 1.85. The predicted octanol–water partition coefficient (Wildman–Crippen LogP) is 3.80. The molecule has 3 aromatic heterocycles. The largest absolute Gasteiger partial charge is 0.354 e. The second-order valence-corrected chi connectivity index (χ2v) is 9.55. The van der Waals surface area contributed by atoms with Gasteiger partial charge in [-0.15, -0.1) is 0 Å². The first kappa shape index (κ1) is 20.7. The molecule has 1 aliphatic rings. The van der Waals surface area contributed by atoms with Gasteiger partial charge in [-0.3, -0.25) is 4.79 Å². The van der Waals surface area contributed by atoms with E-state index in [1.807, 2.05) is 34.6 Å². The molecule has 1 saturated heterocycles. The fourth-order valence-corrected chi connectivity index (χ4v) is 4.81. The van der Waals surface area contributed by atoms with Gasteiger partial charge in [-0.25, -0.2) is 9.50 Å². The second kappa shape index (κ2) is 7.74. The van der Waals surface area contributed by atoms with E-state index in [-0.39, 0.29) is 5.91 Å². The van der Waals surface area contributed by atoms with Gasteiger partial charge in [-0.1, -0.05) is 19.9 Å². The van der Waals surface area contributed by atoms with Crippen molar-refractivity contribution in [1.29, 1.82) is 0 Å². The van der Waals surface area contributed by atoms with E-state index in [0.29, 0.717) is 18.4 Å². The topological polar surface area (TPSA) is 69.5 Å². The van der Waals surface area contributed by atoms with Crippen LogP contribution in [0.1, 0.15) is 42.4 Å². The number of aromatic nitrogens is 4. The molecule has 1 amide bonds. The number of pyridine rings is 1. The van der Waals surface area contributed by atoms with Crippen molar-refractivity contribution >= 4 is 22.5 Å². The molecule has 4 heterocycles. The highest BCUT2D eigenvalue weighted by Crippen LogP contribution is 2.38. The number of carbonyl (C=O) groups excluding carboxylic acids is 1. The van der Waals surface area contributed by atoms with Crippen molar-refractivity contribution in [2.45, 2.75) is 32.6 Å². The Bertz CT molecular complexity index is 1310. The molecule has 0 radical (unpaired) electrons. The van der Waals surface area contributed by atoms with Crippen LogP contribution in [-0.2, 0) is 4.79 Å². The minimum Gasteiger partial charge on any atom is -0.354 e. The minimum atomic E-state index is 0.206. The van der Waals surface area contributed by atoms with Gasteiger partial charge in [0, 0.05) is 41.7 Å². The lowest BCUT2D eigenvalue weighted by Gasteiger charge is -2.40. The third kappa shape index (κ3) is 3.46. The fourth-order valence-electron chi connectivity index (χ4n) is 4.81. The van der Waals surface area contributed by atoms with Gasteiger partial charge in [0.2, 0.25) is 5.91 Å². The van der Waals surface area contributed by atoms with Crippen molar-refractivity contribution in [1.82, 2.24) is 29.4 Å². The molecular formula is C25H30N6O. The molecule has 0 saturated carbocycles. The number of hydrogen-bond acceptors (Lipinski definition) is 4. The number of likely N-dealkylation sites (tertiary alicyclic amines) is 1. The first-order chi connectivity index (χ1) is 15.3. The van der Waals surface area contributed by atoms with Crippen LogP contribution in [0.25, 0.3) is 27.8 Å². The maximum Gasteiger partial charge on any atom is 0.236 e. The molecule has 5 rings (SSSR count). The smallest absolute Gasteiger partial charge is 0.236 e. The molecule has 1 N–H and O–H groups in total. The van der Waals surface area contributed by atoms with Crippen LogP contribution in [-0.4, -0.2) is 69.0 Å². The van der Waals surface area contributed by atoms with Crippen LogP contribution in [0.5, 0.6) is 0 Å². The van der Waals surface area contributed by atoms with E-state index in [1.165, 1.54) is 16.5 Å². The third-order valence-corrected chi connectivity index (χ3v) is 6.45. The lowest BCUT2D eigenvalue weighted by molar-refractivity contribution is -0.136. The van der Waals surface area contributed by atoms with Gasteiger partial charge >= 0.3 is 0 Å². The summed E-state index contributed by atoms with van der Waals surface area (Å²) in [5.74, 6) is 0.968. The van der Waals surface area contributed by atoms with Crippen molar-refractivity contribution in [3.8, 4) is 11.3 Å². The summed E-state index contributed by atoms with van der Waals surface area (Å²) >= 11 is 0. The molecule has 7 nitrogen and oxygen atoms in total. The van der Waals surface area contributed by atoms with Gasteiger partial charge in [0.25, 0.3) is 0 Å². The number of nitrogens with one attached hydrogen (secondary N) is 1. The number of aryl methyl sites for hydroxylation is 1. The lowest BCUT2D eigenvalue weighted by atomic mass is 9.89. The summed E-state index contributed by atoms with van der Waals surface area (Å²) in [6.45, 7) is 8.63. The fraction of sp³-hybridized carbons (Fsp3) is 0.400. The second-order valence-electron chi connectivity index (χ2n) is 9.55. The van der Waals surface area contributed by atoms with Crippen molar-refractivity contribution < 1.29 is 4.79 Å². The summed E-state index contributed by atoms with van der Waals surface area (Å²) in [4.78, 5) is 24.2. The van der Waals surface area contributed by atoms with Crippen molar-refractivity contribution in [3.63, 3.8) is 0 Å². The number of amides is 1. The Labute approximate surface area is 188 Å². The summed E-state index contributed by atoms with van der Waals surface area (Å²) in [5, 5.41) is 5.61. The zero-order valence-corrected chi connectivity index (χ0v) is 19.4. The van der Waals surface area contributed by atoms with E-state index in [0.717, 1.165) is 41.1 Å². The number of benzene rings is 1. The summed E-state index contributed by atoms with van der Waals surface area (Å²) in [6, 6.07) is 8.90. The molecule has 0 aliphatic carbocycles. The van der Waals surface area contributed by atoms with Gasteiger partial charge in [0.1, 0.15) is 6.33 Å². The number of hydrogen-bond donors (Lipinski definition) is 1. The molecule has 7 heteroatoms. The number of likely N-dealkylation sites (N-methyl/N-ethyl adjacent to an activating group) is 1. The zero-order valence-electron chi connectivity index (χ0n) is 19.4. The number of nitrogens with zero attached hydrogens (tertiary/aromatic N) is 5. The molecule has 166 valence electrons. The molecule has 32 heavy (non-hydrogen) atoms.